The van der Waals surface area contributed by atoms with Crippen LogP contribution in [0.3, 0.4) is 0 Å². The highest BCUT2D eigenvalue weighted by atomic mass is 127. The molecule has 0 fully saturated rings. The Balaban J connectivity index is 1.89. The number of ether oxygens (including phenoxy) is 4. The van der Waals surface area contributed by atoms with E-state index in [-0.39, 0.29) is 18.2 Å². The molecule has 8 heteroatoms. The molecule has 1 aliphatic heterocycles. The minimum atomic E-state index is -0.527. The summed E-state index contributed by atoms with van der Waals surface area (Å²) >= 11 is 2.06. The SMILES string of the molecule is COC(=O)COc1c(I)cc(/C=C2\N=C(c3ccc(C)cc3)OC2=O)cc1OC. The first kappa shape index (κ1) is 20.8. The first-order valence-corrected chi connectivity index (χ1v) is 9.66. The first-order valence-electron chi connectivity index (χ1n) is 8.58. The van der Waals surface area contributed by atoms with Gasteiger partial charge in [-0.15, -0.1) is 0 Å². The summed E-state index contributed by atoms with van der Waals surface area (Å²) in [7, 11) is 2.78. The average molecular weight is 507 g/mol. The maximum Gasteiger partial charge on any atom is 0.363 e. The predicted molar refractivity (Wildman–Crippen MR) is 115 cm³/mol. The molecule has 0 saturated heterocycles. The summed E-state index contributed by atoms with van der Waals surface area (Å²) in [5.74, 6) is 0.0717. The van der Waals surface area contributed by atoms with Crippen molar-refractivity contribution in [2.45, 2.75) is 6.92 Å². The molecule has 0 atom stereocenters. The van der Waals surface area contributed by atoms with Gasteiger partial charge in [0.05, 0.1) is 17.8 Å². The van der Waals surface area contributed by atoms with Crippen LogP contribution in [0.15, 0.2) is 47.1 Å². The molecule has 0 aromatic heterocycles. The molecule has 2 aromatic rings. The van der Waals surface area contributed by atoms with Crippen LogP contribution in [-0.2, 0) is 19.1 Å². The monoisotopic (exact) mass is 507 g/mol. The Bertz CT molecular complexity index is 1010. The third kappa shape index (κ3) is 4.94. The van der Waals surface area contributed by atoms with Gasteiger partial charge in [-0.3, -0.25) is 0 Å². The zero-order valence-electron chi connectivity index (χ0n) is 16.0. The van der Waals surface area contributed by atoms with E-state index < -0.39 is 11.9 Å². The Morgan fingerprint density at radius 1 is 1.21 bits per heavy atom. The van der Waals surface area contributed by atoms with Crippen molar-refractivity contribution in [3.05, 3.63) is 62.4 Å². The van der Waals surface area contributed by atoms with Crippen LogP contribution in [0.1, 0.15) is 16.7 Å². The summed E-state index contributed by atoms with van der Waals surface area (Å²) in [6.45, 7) is 1.74. The molecule has 0 bridgehead atoms. The number of nitrogens with zero attached hydrogens (tertiary/aromatic N) is 1. The van der Waals surface area contributed by atoms with Crippen molar-refractivity contribution in [2.75, 3.05) is 20.8 Å². The van der Waals surface area contributed by atoms with Gasteiger partial charge in [0.25, 0.3) is 0 Å². The molecular formula is C21H18INO6. The van der Waals surface area contributed by atoms with Crippen LogP contribution in [0.4, 0.5) is 0 Å². The fourth-order valence-electron chi connectivity index (χ4n) is 2.54. The molecule has 1 aliphatic rings. The normalized spacial score (nSPS) is 14.4. The zero-order valence-corrected chi connectivity index (χ0v) is 18.2. The second kappa shape index (κ2) is 9.08. The Hall–Kier alpha value is -2.88. The smallest absolute Gasteiger partial charge is 0.363 e. The number of aliphatic imine (C=N–C) groups is 1. The number of carbonyl (C=O) groups is 2. The third-order valence-corrected chi connectivity index (χ3v) is 4.84. The van der Waals surface area contributed by atoms with E-state index in [1.165, 1.54) is 14.2 Å². The summed E-state index contributed by atoms with van der Waals surface area (Å²) in [4.78, 5) is 27.9. The zero-order chi connectivity index (χ0) is 21.0. The van der Waals surface area contributed by atoms with Gasteiger partial charge in [0, 0.05) is 5.56 Å². The molecule has 0 N–H and O–H groups in total. The Morgan fingerprint density at radius 2 is 1.93 bits per heavy atom. The quantitative estimate of drug-likeness (QED) is 0.338. The molecule has 3 rings (SSSR count). The minimum absolute atomic E-state index is 0.182. The summed E-state index contributed by atoms with van der Waals surface area (Å²) in [6.07, 6.45) is 1.61. The molecular weight excluding hydrogens is 489 g/mol. The predicted octanol–water partition coefficient (Wildman–Crippen LogP) is 3.50. The van der Waals surface area contributed by atoms with Crippen molar-refractivity contribution in [1.29, 1.82) is 0 Å². The number of carbonyl (C=O) groups excluding carboxylic acids is 2. The van der Waals surface area contributed by atoms with Crippen LogP contribution in [0.25, 0.3) is 6.08 Å². The summed E-state index contributed by atoms with van der Waals surface area (Å²) in [5.41, 5.74) is 2.69. The molecule has 0 aliphatic carbocycles. The number of cyclic esters (lactones) is 1. The third-order valence-electron chi connectivity index (χ3n) is 4.04. The lowest BCUT2D eigenvalue weighted by molar-refractivity contribution is -0.143. The molecule has 29 heavy (non-hydrogen) atoms. The van der Waals surface area contributed by atoms with Gasteiger partial charge < -0.3 is 18.9 Å². The van der Waals surface area contributed by atoms with Crippen LogP contribution < -0.4 is 9.47 Å². The standard InChI is InChI=1S/C21H18INO6/c1-12-4-6-14(7-5-12)20-23-16(21(25)29-20)9-13-8-15(22)19(17(10-13)26-2)28-11-18(24)27-3/h4-10H,11H2,1-3H3/b16-9-. The van der Waals surface area contributed by atoms with Crippen molar-refractivity contribution >= 4 is 46.5 Å². The van der Waals surface area contributed by atoms with E-state index >= 15 is 0 Å². The topological polar surface area (TPSA) is 83.4 Å². The van der Waals surface area contributed by atoms with Gasteiger partial charge >= 0.3 is 11.9 Å². The fraction of sp³-hybridized carbons (Fsp3) is 0.190. The highest BCUT2D eigenvalue weighted by Crippen LogP contribution is 2.35. The second-order valence-electron chi connectivity index (χ2n) is 6.10. The largest absolute Gasteiger partial charge is 0.493 e. The highest BCUT2D eigenvalue weighted by Gasteiger charge is 2.24. The molecule has 150 valence electrons. The lowest BCUT2D eigenvalue weighted by Crippen LogP contribution is -2.13. The van der Waals surface area contributed by atoms with Gasteiger partial charge in [-0.2, -0.15) is 0 Å². The number of rotatable bonds is 6. The van der Waals surface area contributed by atoms with Crippen molar-refractivity contribution in [3.8, 4) is 11.5 Å². The number of methoxy groups -OCH3 is 2. The van der Waals surface area contributed by atoms with Crippen LogP contribution >= 0.6 is 22.6 Å². The first-order chi connectivity index (χ1) is 13.9. The Morgan fingerprint density at radius 3 is 2.59 bits per heavy atom. The summed E-state index contributed by atoms with van der Waals surface area (Å²) in [5, 5.41) is 0. The van der Waals surface area contributed by atoms with E-state index in [2.05, 4.69) is 32.3 Å². The van der Waals surface area contributed by atoms with Gasteiger partial charge in [0.15, 0.2) is 23.8 Å². The van der Waals surface area contributed by atoms with Crippen molar-refractivity contribution in [3.63, 3.8) is 0 Å². The van der Waals surface area contributed by atoms with E-state index in [4.69, 9.17) is 14.2 Å². The average Bonchev–Trinajstić information content (AvgIpc) is 3.07. The molecule has 1 heterocycles. The number of benzene rings is 2. The molecule has 0 spiro atoms. The fourth-order valence-corrected chi connectivity index (χ4v) is 3.32. The van der Waals surface area contributed by atoms with E-state index in [1.54, 1.807) is 18.2 Å². The molecule has 0 radical (unpaired) electrons. The Labute approximate surface area is 181 Å². The van der Waals surface area contributed by atoms with Crippen LogP contribution in [0, 0.1) is 10.5 Å². The van der Waals surface area contributed by atoms with Gasteiger partial charge in [0.2, 0.25) is 5.90 Å². The number of hydrogen-bond acceptors (Lipinski definition) is 7. The van der Waals surface area contributed by atoms with Gasteiger partial charge in [-0.05, 0) is 65.4 Å². The molecule has 7 nitrogen and oxygen atoms in total. The highest BCUT2D eigenvalue weighted by molar-refractivity contribution is 14.1. The maximum atomic E-state index is 12.2. The van der Waals surface area contributed by atoms with E-state index in [0.29, 0.717) is 20.6 Å². The van der Waals surface area contributed by atoms with Gasteiger partial charge in [0.1, 0.15) is 0 Å². The number of esters is 2. The lowest BCUT2D eigenvalue weighted by Gasteiger charge is -2.12. The second-order valence-corrected chi connectivity index (χ2v) is 7.26. The Kier molecular flexibility index (Phi) is 6.53. The number of hydrogen-bond donors (Lipinski definition) is 0. The van der Waals surface area contributed by atoms with Gasteiger partial charge in [-0.25, -0.2) is 14.6 Å². The number of halogens is 1. The lowest BCUT2D eigenvalue weighted by atomic mass is 10.1. The van der Waals surface area contributed by atoms with Crippen molar-refractivity contribution in [1.82, 2.24) is 0 Å². The van der Waals surface area contributed by atoms with Crippen LogP contribution in [-0.4, -0.2) is 38.7 Å². The molecule has 0 unspecified atom stereocenters. The van der Waals surface area contributed by atoms with Crippen LogP contribution in [0.5, 0.6) is 11.5 Å². The minimum Gasteiger partial charge on any atom is -0.493 e. The molecule has 2 aromatic carbocycles. The molecule has 0 saturated carbocycles. The van der Waals surface area contributed by atoms with E-state index in [0.717, 1.165) is 11.1 Å². The van der Waals surface area contributed by atoms with Crippen molar-refractivity contribution < 1.29 is 28.5 Å². The summed E-state index contributed by atoms with van der Waals surface area (Å²) in [6, 6.07) is 11.0. The van der Waals surface area contributed by atoms with E-state index in [1.807, 2.05) is 31.2 Å². The molecule has 0 amide bonds. The summed E-state index contributed by atoms with van der Waals surface area (Å²) < 4.78 is 21.4. The van der Waals surface area contributed by atoms with E-state index in [9.17, 15) is 9.59 Å². The number of aryl methyl sites for hydroxylation is 1. The van der Waals surface area contributed by atoms with Gasteiger partial charge in [-0.1, -0.05) is 17.7 Å². The maximum absolute atomic E-state index is 12.2. The van der Waals surface area contributed by atoms with Crippen LogP contribution in [0.2, 0.25) is 0 Å². The van der Waals surface area contributed by atoms with Crippen molar-refractivity contribution in [2.24, 2.45) is 4.99 Å².